The van der Waals surface area contributed by atoms with Gasteiger partial charge >= 0.3 is 0 Å². The minimum Gasteiger partial charge on any atom is -0.197 e. The zero-order valence-corrected chi connectivity index (χ0v) is 5.03. The second-order valence-corrected chi connectivity index (χ2v) is 1.83. The van der Waals surface area contributed by atoms with Crippen molar-refractivity contribution in [3.63, 3.8) is 0 Å². The summed E-state index contributed by atoms with van der Waals surface area (Å²) in [7, 11) is 0. The highest BCUT2D eigenvalue weighted by molar-refractivity contribution is 8.02. The first-order valence-corrected chi connectivity index (χ1v) is 3.06. The standard InChI is InChI=1S/C5H7NS/c1-2-4-7-5-3-6/h2,4H,5H2,1H3. The summed E-state index contributed by atoms with van der Waals surface area (Å²) in [5, 5.41) is 9.89. The summed E-state index contributed by atoms with van der Waals surface area (Å²) in [4.78, 5) is 0. The van der Waals surface area contributed by atoms with Crippen LogP contribution in [0.2, 0.25) is 0 Å². The lowest BCUT2D eigenvalue weighted by Gasteiger charge is -1.75. The van der Waals surface area contributed by atoms with Crippen molar-refractivity contribution in [2.45, 2.75) is 6.92 Å². The molecule has 0 aromatic carbocycles. The molecule has 0 aliphatic carbocycles. The van der Waals surface area contributed by atoms with Gasteiger partial charge in [-0.3, -0.25) is 0 Å². The zero-order chi connectivity index (χ0) is 5.54. The molecule has 0 aliphatic heterocycles. The topological polar surface area (TPSA) is 23.8 Å². The molecule has 0 spiro atoms. The maximum Gasteiger partial charge on any atom is 0.0849 e. The number of thioether (sulfide) groups is 1. The van der Waals surface area contributed by atoms with Crippen molar-refractivity contribution in [3.05, 3.63) is 11.5 Å². The van der Waals surface area contributed by atoms with Crippen molar-refractivity contribution >= 4 is 11.8 Å². The fraction of sp³-hybridized carbons (Fsp3) is 0.400. The van der Waals surface area contributed by atoms with Crippen LogP contribution in [0.15, 0.2) is 11.5 Å². The van der Waals surface area contributed by atoms with E-state index in [0.29, 0.717) is 5.75 Å². The van der Waals surface area contributed by atoms with Gasteiger partial charge in [0.15, 0.2) is 0 Å². The molecule has 0 saturated heterocycles. The van der Waals surface area contributed by atoms with E-state index < -0.39 is 0 Å². The summed E-state index contributed by atoms with van der Waals surface area (Å²) in [5.74, 6) is 0.560. The molecule has 0 radical (unpaired) electrons. The van der Waals surface area contributed by atoms with Crippen LogP contribution < -0.4 is 0 Å². The van der Waals surface area contributed by atoms with Crippen LogP contribution in [0.4, 0.5) is 0 Å². The lowest BCUT2D eigenvalue weighted by Crippen LogP contribution is -1.59. The van der Waals surface area contributed by atoms with Crippen LogP contribution in [-0.4, -0.2) is 5.75 Å². The molecule has 0 aromatic heterocycles. The molecule has 0 N–H and O–H groups in total. The van der Waals surface area contributed by atoms with E-state index >= 15 is 0 Å². The average Bonchev–Trinajstić information content (AvgIpc) is 1.69. The van der Waals surface area contributed by atoms with Gasteiger partial charge in [0.1, 0.15) is 0 Å². The van der Waals surface area contributed by atoms with Gasteiger partial charge in [0.25, 0.3) is 0 Å². The van der Waals surface area contributed by atoms with E-state index in [-0.39, 0.29) is 0 Å². The van der Waals surface area contributed by atoms with Gasteiger partial charge in [-0.15, -0.1) is 11.8 Å². The number of rotatable bonds is 2. The van der Waals surface area contributed by atoms with E-state index in [1.54, 1.807) is 0 Å². The van der Waals surface area contributed by atoms with Crippen molar-refractivity contribution in [1.82, 2.24) is 0 Å². The number of hydrogen-bond acceptors (Lipinski definition) is 2. The van der Waals surface area contributed by atoms with Gasteiger partial charge in [-0.2, -0.15) is 5.26 Å². The largest absolute Gasteiger partial charge is 0.197 e. The van der Waals surface area contributed by atoms with Crippen molar-refractivity contribution in [2.75, 3.05) is 5.75 Å². The average molecular weight is 113 g/mol. The molecule has 0 bridgehead atoms. The molecule has 0 heterocycles. The van der Waals surface area contributed by atoms with E-state index in [2.05, 4.69) is 0 Å². The maximum absolute atomic E-state index is 7.99. The first-order chi connectivity index (χ1) is 3.41. The first kappa shape index (κ1) is 6.58. The van der Waals surface area contributed by atoms with Crippen LogP contribution in [0, 0.1) is 11.3 Å². The lowest BCUT2D eigenvalue weighted by atomic mass is 10.8. The minimum atomic E-state index is 0.560. The van der Waals surface area contributed by atoms with Crippen LogP contribution in [-0.2, 0) is 0 Å². The summed E-state index contributed by atoms with van der Waals surface area (Å²) in [6, 6.07) is 2.01. The first-order valence-electron chi connectivity index (χ1n) is 2.01. The Bertz CT molecular complexity index is 90.7. The van der Waals surface area contributed by atoms with Crippen molar-refractivity contribution in [3.8, 4) is 6.07 Å². The summed E-state index contributed by atoms with van der Waals surface area (Å²) in [6.07, 6.45) is 1.92. The van der Waals surface area contributed by atoms with Gasteiger partial charge in [-0.05, 0) is 12.3 Å². The van der Waals surface area contributed by atoms with Crippen LogP contribution in [0.25, 0.3) is 0 Å². The molecular formula is C5H7NS. The summed E-state index contributed by atoms with van der Waals surface area (Å²) < 4.78 is 0. The Morgan fingerprint density at radius 1 is 1.86 bits per heavy atom. The summed E-state index contributed by atoms with van der Waals surface area (Å²) in [6.45, 7) is 1.93. The molecule has 0 rings (SSSR count). The highest BCUT2D eigenvalue weighted by Gasteiger charge is 1.71. The molecule has 0 aromatic rings. The van der Waals surface area contributed by atoms with E-state index in [1.165, 1.54) is 11.8 Å². The van der Waals surface area contributed by atoms with Gasteiger partial charge in [-0.1, -0.05) is 6.08 Å². The highest BCUT2D eigenvalue weighted by atomic mass is 32.2. The second kappa shape index (κ2) is 5.58. The highest BCUT2D eigenvalue weighted by Crippen LogP contribution is 1.97. The molecule has 0 unspecified atom stereocenters. The molecule has 0 amide bonds. The molecule has 0 fully saturated rings. The van der Waals surface area contributed by atoms with E-state index in [1.807, 2.05) is 24.5 Å². The third-order valence-corrected chi connectivity index (χ3v) is 1.14. The Morgan fingerprint density at radius 2 is 2.57 bits per heavy atom. The smallest absolute Gasteiger partial charge is 0.0849 e. The number of allylic oxidation sites excluding steroid dienone is 1. The second-order valence-electron chi connectivity index (χ2n) is 0.939. The maximum atomic E-state index is 7.99. The molecular weight excluding hydrogens is 106 g/mol. The van der Waals surface area contributed by atoms with Gasteiger partial charge in [0.05, 0.1) is 11.8 Å². The van der Waals surface area contributed by atoms with Crippen LogP contribution in [0.1, 0.15) is 6.92 Å². The molecule has 0 aliphatic rings. The van der Waals surface area contributed by atoms with E-state index in [0.717, 1.165) is 0 Å². The molecule has 1 nitrogen and oxygen atoms in total. The van der Waals surface area contributed by atoms with Gasteiger partial charge in [0.2, 0.25) is 0 Å². The number of nitriles is 1. The minimum absolute atomic E-state index is 0.560. The predicted molar refractivity (Wildman–Crippen MR) is 32.9 cm³/mol. The Balaban J connectivity index is 2.87. The number of nitrogens with zero attached hydrogens (tertiary/aromatic N) is 1. The molecule has 0 saturated carbocycles. The normalized spacial score (nSPS) is 9.14. The molecule has 38 valence electrons. The lowest BCUT2D eigenvalue weighted by molar-refractivity contribution is 1.50. The fourth-order valence-corrected chi connectivity index (χ4v) is 0.545. The van der Waals surface area contributed by atoms with Crippen LogP contribution in [0.3, 0.4) is 0 Å². The quantitative estimate of drug-likeness (QED) is 0.509. The van der Waals surface area contributed by atoms with Crippen LogP contribution >= 0.6 is 11.8 Å². The van der Waals surface area contributed by atoms with Crippen molar-refractivity contribution in [2.24, 2.45) is 0 Å². The van der Waals surface area contributed by atoms with E-state index in [4.69, 9.17) is 5.26 Å². The molecule has 7 heavy (non-hydrogen) atoms. The van der Waals surface area contributed by atoms with E-state index in [9.17, 15) is 0 Å². The summed E-state index contributed by atoms with van der Waals surface area (Å²) in [5.41, 5.74) is 0. The monoisotopic (exact) mass is 113 g/mol. The Kier molecular flexibility index (Phi) is 5.25. The Morgan fingerprint density at radius 3 is 3.00 bits per heavy atom. The summed E-state index contributed by atoms with van der Waals surface area (Å²) >= 11 is 1.51. The fourth-order valence-electron chi connectivity index (χ4n) is 0.182. The van der Waals surface area contributed by atoms with Gasteiger partial charge in [0, 0.05) is 0 Å². The van der Waals surface area contributed by atoms with Gasteiger partial charge < -0.3 is 0 Å². The SMILES string of the molecule is CC=CSCC#N. The third kappa shape index (κ3) is 5.58. The van der Waals surface area contributed by atoms with Crippen LogP contribution in [0.5, 0.6) is 0 Å². The Labute approximate surface area is 48.0 Å². The molecule has 2 heteroatoms. The molecule has 0 atom stereocenters. The van der Waals surface area contributed by atoms with Crippen molar-refractivity contribution in [1.29, 1.82) is 5.26 Å². The third-order valence-electron chi connectivity index (χ3n) is 0.380. The van der Waals surface area contributed by atoms with Crippen molar-refractivity contribution < 1.29 is 0 Å². The van der Waals surface area contributed by atoms with Gasteiger partial charge in [-0.25, -0.2) is 0 Å². The predicted octanol–water partition coefficient (Wildman–Crippen LogP) is 1.78. The number of hydrogen-bond donors (Lipinski definition) is 0. The Hall–Kier alpha value is -0.420. The zero-order valence-electron chi connectivity index (χ0n) is 4.22.